The molecule has 0 rings (SSSR count). The van der Waals surface area contributed by atoms with Gasteiger partial charge >= 0.3 is 0 Å². The summed E-state index contributed by atoms with van der Waals surface area (Å²) >= 11 is 0. The minimum atomic E-state index is -0.504. The second-order valence-electron chi connectivity index (χ2n) is 4.30. The molecule has 3 N–H and O–H groups in total. The van der Waals surface area contributed by atoms with E-state index in [-0.39, 0.29) is 5.91 Å². The molecular formula is C10H22N2O2. The Hall–Kier alpha value is -0.610. The average molecular weight is 202 g/mol. The first-order chi connectivity index (χ1) is 6.34. The molecule has 0 fully saturated rings. The van der Waals surface area contributed by atoms with E-state index < -0.39 is 12.1 Å². The van der Waals surface area contributed by atoms with Crippen molar-refractivity contribution in [1.29, 1.82) is 0 Å². The zero-order chi connectivity index (χ0) is 11.3. The van der Waals surface area contributed by atoms with E-state index in [1.54, 1.807) is 14.0 Å². The van der Waals surface area contributed by atoms with Crippen LogP contribution < -0.4 is 5.73 Å². The fourth-order valence-electron chi connectivity index (χ4n) is 1.38. The summed E-state index contributed by atoms with van der Waals surface area (Å²) in [5, 5.41) is 9.10. The number of aliphatic hydroxyl groups is 1. The van der Waals surface area contributed by atoms with Crippen molar-refractivity contribution in [3.8, 4) is 0 Å². The van der Waals surface area contributed by atoms with E-state index in [1.165, 1.54) is 4.90 Å². The van der Waals surface area contributed by atoms with E-state index in [4.69, 9.17) is 10.8 Å². The topological polar surface area (TPSA) is 66.6 Å². The number of carbonyl (C=O) groups is 1. The molecule has 0 saturated heterocycles. The molecule has 0 saturated carbocycles. The van der Waals surface area contributed by atoms with Crippen LogP contribution in [0.3, 0.4) is 0 Å². The van der Waals surface area contributed by atoms with Gasteiger partial charge in [0.25, 0.3) is 0 Å². The minimum Gasteiger partial charge on any atom is -0.392 e. The maximum atomic E-state index is 11.6. The number of rotatable bonds is 5. The Morgan fingerprint density at radius 1 is 1.43 bits per heavy atom. The third kappa shape index (κ3) is 5.19. The molecular weight excluding hydrogens is 180 g/mol. The Bertz CT molecular complexity index is 163. The van der Waals surface area contributed by atoms with E-state index in [0.717, 1.165) is 0 Å². The van der Waals surface area contributed by atoms with Gasteiger partial charge in [0.1, 0.15) is 0 Å². The van der Waals surface area contributed by atoms with E-state index >= 15 is 0 Å². The molecule has 0 bridgehead atoms. The normalized spacial score (nSPS) is 15.4. The molecule has 0 aromatic carbocycles. The molecule has 0 aliphatic rings. The molecule has 1 amide bonds. The monoisotopic (exact) mass is 202 g/mol. The van der Waals surface area contributed by atoms with Gasteiger partial charge < -0.3 is 15.7 Å². The molecule has 0 aromatic heterocycles. The summed E-state index contributed by atoms with van der Waals surface area (Å²) in [5.74, 6) is 0.313. The Morgan fingerprint density at radius 3 is 2.29 bits per heavy atom. The van der Waals surface area contributed by atoms with Crippen molar-refractivity contribution in [3.05, 3.63) is 0 Å². The molecule has 0 heterocycles. The predicted octanol–water partition coefficient (Wildman–Crippen LogP) is 0.199. The van der Waals surface area contributed by atoms with Crippen molar-refractivity contribution in [2.24, 2.45) is 11.7 Å². The lowest BCUT2D eigenvalue weighted by atomic mass is 10.0. The van der Waals surface area contributed by atoms with Crippen molar-refractivity contribution < 1.29 is 9.90 Å². The van der Waals surface area contributed by atoms with Gasteiger partial charge in [-0.15, -0.1) is 0 Å². The Kier molecular flexibility index (Phi) is 5.72. The Morgan fingerprint density at radius 2 is 1.93 bits per heavy atom. The van der Waals surface area contributed by atoms with Crippen LogP contribution >= 0.6 is 0 Å². The van der Waals surface area contributed by atoms with Crippen LogP contribution in [0.4, 0.5) is 0 Å². The molecule has 14 heavy (non-hydrogen) atoms. The number of amides is 1. The fraction of sp³-hybridized carbons (Fsp3) is 0.900. The molecule has 0 aliphatic heterocycles. The van der Waals surface area contributed by atoms with E-state index in [0.29, 0.717) is 18.9 Å². The van der Waals surface area contributed by atoms with E-state index in [2.05, 4.69) is 0 Å². The Balaban J connectivity index is 4.04. The summed E-state index contributed by atoms with van der Waals surface area (Å²) in [4.78, 5) is 13.1. The van der Waals surface area contributed by atoms with Crippen LogP contribution in [-0.4, -0.2) is 41.7 Å². The molecule has 1 unspecified atom stereocenters. The minimum absolute atomic E-state index is 0.0976. The van der Waals surface area contributed by atoms with Crippen LogP contribution in [0, 0.1) is 5.92 Å². The van der Waals surface area contributed by atoms with E-state index in [9.17, 15) is 4.79 Å². The molecule has 4 heteroatoms. The summed E-state index contributed by atoms with van der Waals surface area (Å²) in [5.41, 5.74) is 5.72. The highest BCUT2D eigenvalue weighted by Gasteiger charge is 2.19. The summed E-state index contributed by atoms with van der Waals surface area (Å²) in [6.45, 7) is 6.05. The molecule has 84 valence electrons. The van der Waals surface area contributed by atoms with Crippen LogP contribution in [-0.2, 0) is 4.79 Å². The number of hydrogen-bond acceptors (Lipinski definition) is 3. The van der Waals surface area contributed by atoms with Gasteiger partial charge in [0.2, 0.25) is 5.91 Å². The molecule has 0 aromatic rings. The number of hydrogen-bond donors (Lipinski definition) is 2. The number of nitrogens with two attached hydrogens (primary N) is 1. The first-order valence-corrected chi connectivity index (χ1v) is 5.03. The van der Waals surface area contributed by atoms with Crippen LogP contribution in [0.1, 0.15) is 27.2 Å². The SMILES string of the molecule is CC(C)C[C@@H](N)C(=O)N(C)CC(C)O. The highest BCUT2D eigenvalue weighted by Crippen LogP contribution is 2.05. The lowest BCUT2D eigenvalue weighted by Crippen LogP contribution is -2.44. The van der Waals surface area contributed by atoms with Crippen molar-refractivity contribution in [2.45, 2.75) is 39.3 Å². The van der Waals surface area contributed by atoms with Crippen LogP contribution in [0.15, 0.2) is 0 Å². The smallest absolute Gasteiger partial charge is 0.239 e. The van der Waals surface area contributed by atoms with Gasteiger partial charge in [0.05, 0.1) is 12.1 Å². The van der Waals surface area contributed by atoms with Gasteiger partial charge in [-0.05, 0) is 19.3 Å². The number of likely N-dealkylation sites (N-methyl/N-ethyl adjacent to an activating group) is 1. The Labute approximate surface area is 86.1 Å². The summed E-state index contributed by atoms with van der Waals surface area (Å²) < 4.78 is 0. The van der Waals surface area contributed by atoms with Gasteiger partial charge in [-0.1, -0.05) is 13.8 Å². The second-order valence-corrected chi connectivity index (χ2v) is 4.30. The predicted molar refractivity (Wildman–Crippen MR) is 56.7 cm³/mol. The molecule has 0 spiro atoms. The standard InChI is InChI=1S/C10H22N2O2/c1-7(2)5-9(11)10(14)12(4)6-8(3)13/h7-9,13H,5-6,11H2,1-4H3/t8?,9-/m1/s1. The van der Waals surface area contributed by atoms with Gasteiger partial charge in [-0.2, -0.15) is 0 Å². The molecule has 0 aliphatic carbocycles. The van der Waals surface area contributed by atoms with Gasteiger partial charge in [0, 0.05) is 13.6 Å². The summed E-state index contributed by atoms with van der Waals surface area (Å²) in [6, 6.07) is -0.446. The van der Waals surface area contributed by atoms with Gasteiger partial charge in [-0.3, -0.25) is 4.79 Å². The average Bonchev–Trinajstić information content (AvgIpc) is 2.00. The number of nitrogens with zero attached hydrogens (tertiary/aromatic N) is 1. The fourth-order valence-corrected chi connectivity index (χ4v) is 1.38. The highest BCUT2D eigenvalue weighted by atomic mass is 16.3. The lowest BCUT2D eigenvalue weighted by Gasteiger charge is -2.23. The zero-order valence-corrected chi connectivity index (χ0v) is 9.53. The van der Waals surface area contributed by atoms with Crippen molar-refractivity contribution >= 4 is 5.91 Å². The quantitative estimate of drug-likeness (QED) is 0.669. The van der Waals surface area contributed by atoms with Crippen LogP contribution in [0.2, 0.25) is 0 Å². The first kappa shape index (κ1) is 13.4. The zero-order valence-electron chi connectivity index (χ0n) is 9.53. The highest BCUT2D eigenvalue weighted by molar-refractivity contribution is 5.81. The third-order valence-corrected chi connectivity index (χ3v) is 1.96. The first-order valence-electron chi connectivity index (χ1n) is 5.03. The van der Waals surface area contributed by atoms with Crippen molar-refractivity contribution in [2.75, 3.05) is 13.6 Å². The number of aliphatic hydroxyl groups excluding tert-OH is 1. The largest absolute Gasteiger partial charge is 0.392 e. The van der Waals surface area contributed by atoms with Crippen LogP contribution in [0.5, 0.6) is 0 Å². The lowest BCUT2D eigenvalue weighted by molar-refractivity contribution is -0.132. The van der Waals surface area contributed by atoms with Gasteiger partial charge in [-0.25, -0.2) is 0 Å². The molecule has 2 atom stereocenters. The third-order valence-electron chi connectivity index (χ3n) is 1.96. The maximum Gasteiger partial charge on any atom is 0.239 e. The molecule has 0 radical (unpaired) electrons. The van der Waals surface area contributed by atoms with Crippen LogP contribution in [0.25, 0.3) is 0 Å². The van der Waals surface area contributed by atoms with Crippen molar-refractivity contribution in [3.63, 3.8) is 0 Å². The second kappa shape index (κ2) is 5.98. The van der Waals surface area contributed by atoms with Gasteiger partial charge in [0.15, 0.2) is 0 Å². The van der Waals surface area contributed by atoms with E-state index in [1.807, 2.05) is 13.8 Å². The number of carbonyl (C=O) groups excluding carboxylic acids is 1. The summed E-state index contributed by atoms with van der Waals surface area (Å²) in [7, 11) is 1.66. The van der Waals surface area contributed by atoms with Crippen molar-refractivity contribution in [1.82, 2.24) is 4.90 Å². The maximum absolute atomic E-state index is 11.6. The molecule has 4 nitrogen and oxygen atoms in total. The summed E-state index contributed by atoms with van der Waals surface area (Å²) in [6.07, 6.45) is 0.179.